The zero-order valence-corrected chi connectivity index (χ0v) is 18.8. The van der Waals surface area contributed by atoms with Gasteiger partial charge in [-0.3, -0.25) is 9.78 Å². The van der Waals surface area contributed by atoms with Gasteiger partial charge in [-0.1, -0.05) is 48.5 Å². The van der Waals surface area contributed by atoms with Crippen molar-refractivity contribution < 1.29 is 9.90 Å². The van der Waals surface area contributed by atoms with Gasteiger partial charge >= 0.3 is 0 Å². The summed E-state index contributed by atoms with van der Waals surface area (Å²) in [6.07, 6.45) is 2.46. The van der Waals surface area contributed by atoms with E-state index >= 15 is 0 Å². The molecular formula is C27H30N4O2. The highest BCUT2D eigenvalue weighted by Crippen LogP contribution is 2.20. The number of carbonyl (C=O) groups is 1. The first-order valence-electron chi connectivity index (χ1n) is 10.8. The molecule has 0 unspecified atom stereocenters. The number of nitrogens with zero attached hydrogens (tertiary/aromatic N) is 2. The summed E-state index contributed by atoms with van der Waals surface area (Å²) in [7, 11) is 2.15. The number of phenols is 1. The third kappa shape index (κ3) is 7.71. The van der Waals surface area contributed by atoms with Crippen LogP contribution >= 0.6 is 0 Å². The largest absolute Gasteiger partial charge is 0.506 e. The molecule has 4 aromatic rings. The van der Waals surface area contributed by atoms with Gasteiger partial charge in [-0.2, -0.15) is 0 Å². The lowest BCUT2D eigenvalue weighted by atomic mass is 10.1. The first kappa shape index (κ1) is 23.9. The minimum Gasteiger partial charge on any atom is -0.506 e. The van der Waals surface area contributed by atoms with Crippen molar-refractivity contribution in [3.8, 4) is 5.75 Å². The molecule has 170 valence electrons. The van der Waals surface area contributed by atoms with Crippen LogP contribution in [-0.2, 0) is 6.54 Å². The molecule has 0 spiro atoms. The van der Waals surface area contributed by atoms with Gasteiger partial charge in [0.1, 0.15) is 17.6 Å². The molecule has 3 aromatic carbocycles. The van der Waals surface area contributed by atoms with Gasteiger partial charge in [-0.25, -0.2) is 0 Å². The number of hydrogen-bond acceptors (Lipinski definition) is 6. The summed E-state index contributed by atoms with van der Waals surface area (Å²) in [5.74, 6) is 0.239. The molecule has 6 nitrogen and oxygen atoms in total. The Kier molecular flexibility index (Phi) is 8.94. The second kappa shape index (κ2) is 12.3. The standard InChI is InChI=1S/C11H16N2.C9H7NO.C7H7NO/c1-13-8-11(9-13)12-7-10-5-3-2-4-6-10;11-8-5-1-3-7-4-2-6-10-9(7)8;8-7-3-1-6(5-9)2-4-7/h2-6,11-12H,7-9H2,1H3;1-6,11H;1-5H,8H2. The van der Waals surface area contributed by atoms with E-state index in [1.54, 1.807) is 42.6 Å². The predicted octanol–water partition coefficient (Wildman–Crippen LogP) is 4.11. The van der Waals surface area contributed by atoms with Gasteiger partial charge in [0, 0.05) is 48.5 Å². The van der Waals surface area contributed by atoms with Crippen LogP contribution < -0.4 is 11.1 Å². The van der Waals surface area contributed by atoms with Crippen LogP contribution in [-0.4, -0.2) is 47.5 Å². The van der Waals surface area contributed by atoms with E-state index in [4.69, 9.17) is 5.73 Å². The number of anilines is 1. The first-order chi connectivity index (χ1) is 16.0. The van der Waals surface area contributed by atoms with Gasteiger partial charge in [0.15, 0.2) is 0 Å². The van der Waals surface area contributed by atoms with E-state index in [0.29, 0.717) is 22.8 Å². The van der Waals surface area contributed by atoms with Crippen molar-refractivity contribution in [2.75, 3.05) is 25.9 Å². The van der Waals surface area contributed by atoms with Crippen molar-refractivity contribution in [2.45, 2.75) is 12.6 Å². The Morgan fingerprint density at radius 3 is 2.33 bits per heavy atom. The van der Waals surface area contributed by atoms with E-state index in [2.05, 4.69) is 52.6 Å². The predicted molar refractivity (Wildman–Crippen MR) is 134 cm³/mol. The van der Waals surface area contributed by atoms with E-state index in [0.717, 1.165) is 18.2 Å². The summed E-state index contributed by atoms with van der Waals surface area (Å²) in [6, 6.07) is 27.1. The number of rotatable bonds is 4. The van der Waals surface area contributed by atoms with Crippen LogP contribution in [0.15, 0.2) is 91.1 Å². The number of aromatic nitrogens is 1. The van der Waals surface area contributed by atoms with E-state index in [-0.39, 0.29) is 5.75 Å². The second-order valence-electron chi connectivity index (χ2n) is 7.92. The van der Waals surface area contributed by atoms with Crippen molar-refractivity contribution in [3.05, 3.63) is 102 Å². The molecule has 2 heterocycles. The fourth-order valence-electron chi connectivity index (χ4n) is 3.35. The normalized spacial score (nSPS) is 13.1. The van der Waals surface area contributed by atoms with E-state index in [1.165, 1.54) is 18.7 Å². The summed E-state index contributed by atoms with van der Waals surface area (Å²) in [5, 5.41) is 13.8. The Morgan fingerprint density at radius 1 is 1.00 bits per heavy atom. The molecule has 0 bridgehead atoms. The fraction of sp³-hybridized carbons (Fsp3) is 0.185. The average molecular weight is 443 g/mol. The maximum atomic E-state index is 10.1. The Morgan fingerprint density at radius 2 is 1.70 bits per heavy atom. The number of aromatic hydroxyl groups is 1. The molecule has 1 saturated heterocycles. The molecule has 1 aliphatic heterocycles. The van der Waals surface area contributed by atoms with Crippen LogP contribution in [0.25, 0.3) is 10.9 Å². The number of aldehydes is 1. The topological polar surface area (TPSA) is 91.5 Å². The zero-order chi connectivity index (χ0) is 23.5. The lowest BCUT2D eigenvalue weighted by Gasteiger charge is -2.36. The Bertz CT molecular complexity index is 1120. The molecule has 33 heavy (non-hydrogen) atoms. The van der Waals surface area contributed by atoms with Gasteiger partial charge in [0.25, 0.3) is 0 Å². The Balaban J connectivity index is 0.000000142. The van der Waals surface area contributed by atoms with Crippen LogP contribution in [0.3, 0.4) is 0 Å². The smallest absolute Gasteiger partial charge is 0.150 e. The maximum absolute atomic E-state index is 10.1. The summed E-state index contributed by atoms with van der Waals surface area (Å²) in [5.41, 5.74) is 8.74. The highest BCUT2D eigenvalue weighted by atomic mass is 16.3. The van der Waals surface area contributed by atoms with E-state index in [1.807, 2.05) is 18.2 Å². The minimum absolute atomic E-state index is 0.239. The van der Waals surface area contributed by atoms with Crippen molar-refractivity contribution in [1.82, 2.24) is 15.2 Å². The van der Waals surface area contributed by atoms with Crippen LogP contribution in [0, 0.1) is 0 Å². The molecule has 5 rings (SSSR count). The molecule has 0 amide bonds. The fourth-order valence-corrected chi connectivity index (χ4v) is 3.35. The number of likely N-dealkylation sites (tertiary alicyclic amines) is 1. The van der Waals surface area contributed by atoms with Gasteiger partial charge in [-0.15, -0.1) is 0 Å². The number of nitrogen functional groups attached to an aromatic ring is 1. The molecule has 0 atom stereocenters. The molecular weight excluding hydrogens is 412 g/mol. The molecule has 6 heteroatoms. The number of benzene rings is 3. The van der Waals surface area contributed by atoms with Gasteiger partial charge in [0.2, 0.25) is 0 Å². The van der Waals surface area contributed by atoms with Crippen molar-refractivity contribution >= 4 is 22.9 Å². The molecule has 1 aliphatic rings. The number of nitrogens with two attached hydrogens (primary N) is 1. The maximum Gasteiger partial charge on any atom is 0.150 e. The van der Waals surface area contributed by atoms with E-state index < -0.39 is 0 Å². The van der Waals surface area contributed by atoms with E-state index in [9.17, 15) is 9.90 Å². The summed E-state index contributed by atoms with van der Waals surface area (Å²) in [6.45, 7) is 3.37. The summed E-state index contributed by atoms with van der Waals surface area (Å²) >= 11 is 0. The number of fused-ring (bicyclic) bond motifs is 1. The number of nitrogens with one attached hydrogen (secondary N) is 1. The molecule has 0 saturated carbocycles. The quantitative estimate of drug-likeness (QED) is 0.325. The van der Waals surface area contributed by atoms with Crippen LogP contribution in [0.4, 0.5) is 5.69 Å². The first-order valence-corrected chi connectivity index (χ1v) is 10.8. The Hall–Kier alpha value is -3.74. The minimum atomic E-state index is 0.239. The third-order valence-electron chi connectivity index (χ3n) is 5.19. The van der Waals surface area contributed by atoms with Crippen molar-refractivity contribution in [1.29, 1.82) is 0 Å². The van der Waals surface area contributed by atoms with Crippen LogP contribution in [0.2, 0.25) is 0 Å². The molecule has 4 N–H and O–H groups in total. The number of phenolic OH excluding ortho intramolecular Hbond substituents is 1. The number of para-hydroxylation sites is 1. The molecule has 1 fully saturated rings. The zero-order valence-electron chi connectivity index (χ0n) is 18.8. The highest BCUT2D eigenvalue weighted by molar-refractivity contribution is 5.83. The van der Waals surface area contributed by atoms with Gasteiger partial charge in [0.05, 0.1) is 0 Å². The number of pyridine rings is 1. The Labute approximate surface area is 194 Å². The molecule has 0 aliphatic carbocycles. The number of likely N-dealkylation sites (N-methyl/N-ethyl adjacent to an activating group) is 1. The summed E-state index contributed by atoms with van der Waals surface area (Å²) < 4.78 is 0. The lowest BCUT2D eigenvalue weighted by Crippen LogP contribution is -2.55. The van der Waals surface area contributed by atoms with Crippen LogP contribution in [0.5, 0.6) is 5.75 Å². The number of carbonyl (C=O) groups excluding carboxylic acids is 1. The molecule has 1 aromatic heterocycles. The summed E-state index contributed by atoms with van der Waals surface area (Å²) in [4.78, 5) is 16.4. The number of hydrogen-bond donors (Lipinski definition) is 3. The van der Waals surface area contributed by atoms with Gasteiger partial charge in [-0.05, 0) is 49.0 Å². The SMILES string of the molecule is CN1CC(NCc2ccccc2)C1.Nc1ccc(C=O)cc1.Oc1cccc2cccnc12. The lowest BCUT2D eigenvalue weighted by molar-refractivity contribution is 0.112. The van der Waals surface area contributed by atoms with Gasteiger partial charge < -0.3 is 21.1 Å². The molecule has 0 radical (unpaired) electrons. The highest BCUT2D eigenvalue weighted by Gasteiger charge is 2.21. The third-order valence-corrected chi connectivity index (χ3v) is 5.19. The van der Waals surface area contributed by atoms with Crippen molar-refractivity contribution in [2.24, 2.45) is 0 Å². The average Bonchev–Trinajstić information content (AvgIpc) is 2.83. The second-order valence-corrected chi connectivity index (χ2v) is 7.92. The van der Waals surface area contributed by atoms with Crippen molar-refractivity contribution in [3.63, 3.8) is 0 Å². The van der Waals surface area contributed by atoms with Crippen LogP contribution in [0.1, 0.15) is 15.9 Å². The monoisotopic (exact) mass is 442 g/mol.